The third-order valence-electron chi connectivity index (χ3n) is 2.62. The van der Waals surface area contributed by atoms with Crippen LogP contribution in [-0.4, -0.2) is 14.8 Å². The molecule has 3 rings (SSSR count). The van der Waals surface area contributed by atoms with Crippen LogP contribution in [0.4, 0.5) is 0 Å². The van der Waals surface area contributed by atoms with E-state index in [1.807, 2.05) is 35.9 Å². The molecule has 0 aliphatic heterocycles. The van der Waals surface area contributed by atoms with Crippen molar-refractivity contribution in [3.8, 4) is 0 Å². The molecular formula is C10H9N3O. The Bertz CT molecular complexity index is 671. The number of rotatable bonds is 0. The lowest BCUT2D eigenvalue weighted by Crippen LogP contribution is -2.03. The number of nitrogens with zero attached hydrogens (tertiary/aromatic N) is 1. The molecule has 3 aromatic rings. The Labute approximate surface area is 79.1 Å². The van der Waals surface area contributed by atoms with Gasteiger partial charge in [0.05, 0.1) is 11.0 Å². The Kier molecular flexibility index (Phi) is 1.21. The summed E-state index contributed by atoms with van der Waals surface area (Å²) < 4.78 is 1.90. The summed E-state index contributed by atoms with van der Waals surface area (Å²) in [4.78, 5) is 11.5. The smallest absolute Gasteiger partial charge is 0.288 e. The first-order valence-corrected chi connectivity index (χ1v) is 4.43. The van der Waals surface area contributed by atoms with E-state index in [1.165, 1.54) is 0 Å². The van der Waals surface area contributed by atoms with Crippen LogP contribution < -0.4 is 5.56 Å². The van der Waals surface area contributed by atoms with Gasteiger partial charge in [-0.25, -0.2) is 0 Å². The summed E-state index contributed by atoms with van der Waals surface area (Å²) in [6.07, 6.45) is 0. The summed E-state index contributed by atoms with van der Waals surface area (Å²) in [6, 6.07) is 7.94. The summed E-state index contributed by atoms with van der Waals surface area (Å²) in [5.41, 5.74) is 2.58. The Morgan fingerprint density at radius 1 is 1.21 bits per heavy atom. The van der Waals surface area contributed by atoms with Crippen LogP contribution >= 0.6 is 0 Å². The van der Waals surface area contributed by atoms with Gasteiger partial charge in [0.15, 0.2) is 0 Å². The zero-order chi connectivity index (χ0) is 9.71. The molecule has 1 aromatic carbocycles. The van der Waals surface area contributed by atoms with Gasteiger partial charge in [0.2, 0.25) is 0 Å². The van der Waals surface area contributed by atoms with E-state index >= 15 is 0 Å². The predicted octanol–water partition coefficient (Wildman–Crippen LogP) is 1.35. The zero-order valence-corrected chi connectivity index (χ0v) is 7.66. The van der Waals surface area contributed by atoms with Crippen molar-refractivity contribution < 1.29 is 0 Å². The Hall–Kier alpha value is -1.97. The van der Waals surface area contributed by atoms with Gasteiger partial charge in [0.1, 0.15) is 5.52 Å². The second kappa shape index (κ2) is 2.29. The topological polar surface area (TPSA) is 53.6 Å². The number of aryl methyl sites for hydroxylation is 1. The molecule has 0 atom stereocenters. The zero-order valence-electron chi connectivity index (χ0n) is 7.66. The highest BCUT2D eigenvalue weighted by atomic mass is 16.1. The molecule has 4 heteroatoms. The van der Waals surface area contributed by atoms with Gasteiger partial charge in [-0.3, -0.25) is 15.0 Å². The molecule has 0 fully saturated rings. The van der Waals surface area contributed by atoms with Gasteiger partial charge < -0.3 is 4.57 Å². The fourth-order valence-corrected chi connectivity index (χ4v) is 1.96. The van der Waals surface area contributed by atoms with Gasteiger partial charge in [-0.05, 0) is 6.07 Å². The third-order valence-corrected chi connectivity index (χ3v) is 2.62. The minimum Gasteiger partial charge on any atom is -0.338 e. The molecule has 0 radical (unpaired) electrons. The number of hydrogen-bond acceptors (Lipinski definition) is 1. The average Bonchev–Trinajstić information content (AvgIpc) is 2.70. The second-order valence-electron chi connectivity index (χ2n) is 3.38. The first-order valence-electron chi connectivity index (χ1n) is 4.43. The molecule has 0 aliphatic rings. The second-order valence-corrected chi connectivity index (χ2v) is 3.38. The fourth-order valence-electron chi connectivity index (χ4n) is 1.96. The van der Waals surface area contributed by atoms with Crippen molar-refractivity contribution >= 4 is 21.9 Å². The summed E-state index contributed by atoms with van der Waals surface area (Å²) in [5, 5.41) is 6.55. The number of para-hydroxylation sites is 1. The van der Waals surface area contributed by atoms with E-state index in [2.05, 4.69) is 10.2 Å². The monoisotopic (exact) mass is 187 g/mol. The molecule has 0 spiro atoms. The van der Waals surface area contributed by atoms with Crippen LogP contribution in [0.3, 0.4) is 0 Å². The quantitative estimate of drug-likeness (QED) is 0.548. The standard InChI is InChI=1S/C10H9N3O/c1-13-7-5-3-2-4-6(7)8-9(13)10(14)12-11-8/h2-5H,1H3,(H2,11,12,14). The fraction of sp³-hybridized carbons (Fsp3) is 0.100. The number of aromatic amines is 2. The predicted molar refractivity (Wildman–Crippen MR) is 55.4 cm³/mol. The minimum atomic E-state index is -0.0706. The van der Waals surface area contributed by atoms with Crippen molar-refractivity contribution in [2.45, 2.75) is 0 Å². The van der Waals surface area contributed by atoms with Crippen LogP contribution in [0.25, 0.3) is 21.9 Å². The normalized spacial score (nSPS) is 11.5. The summed E-state index contributed by atoms with van der Waals surface area (Å²) in [7, 11) is 1.90. The molecule has 0 aliphatic carbocycles. The molecule has 14 heavy (non-hydrogen) atoms. The van der Waals surface area contributed by atoms with E-state index in [0.29, 0.717) is 5.52 Å². The highest BCUT2D eigenvalue weighted by Gasteiger charge is 2.11. The Morgan fingerprint density at radius 2 is 2.00 bits per heavy atom. The van der Waals surface area contributed by atoms with Crippen molar-refractivity contribution in [2.24, 2.45) is 7.05 Å². The van der Waals surface area contributed by atoms with Gasteiger partial charge in [-0.2, -0.15) is 0 Å². The summed E-state index contributed by atoms with van der Waals surface area (Å²) in [5.74, 6) is 0. The number of H-pyrrole nitrogens is 2. The lowest BCUT2D eigenvalue weighted by atomic mass is 10.2. The van der Waals surface area contributed by atoms with E-state index < -0.39 is 0 Å². The average molecular weight is 187 g/mol. The molecule has 0 bridgehead atoms. The van der Waals surface area contributed by atoms with Gasteiger partial charge >= 0.3 is 0 Å². The number of fused-ring (bicyclic) bond motifs is 3. The van der Waals surface area contributed by atoms with Crippen LogP contribution in [-0.2, 0) is 7.05 Å². The van der Waals surface area contributed by atoms with E-state index in [4.69, 9.17) is 0 Å². The van der Waals surface area contributed by atoms with E-state index in [9.17, 15) is 4.79 Å². The van der Waals surface area contributed by atoms with Gasteiger partial charge in [0.25, 0.3) is 5.56 Å². The Morgan fingerprint density at radius 3 is 2.86 bits per heavy atom. The lowest BCUT2D eigenvalue weighted by Gasteiger charge is -1.94. The van der Waals surface area contributed by atoms with E-state index in [1.54, 1.807) is 0 Å². The van der Waals surface area contributed by atoms with Crippen molar-refractivity contribution in [3.05, 3.63) is 34.6 Å². The van der Waals surface area contributed by atoms with Crippen molar-refractivity contribution in [3.63, 3.8) is 0 Å². The van der Waals surface area contributed by atoms with Gasteiger partial charge in [-0.1, -0.05) is 18.2 Å². The molecule has 4 nitrogen and oxygen atoms in total. The maximum atomic E-state index is 11.5. The van der Waals surface area contributed by atoms with Crippen LogP contribution in [0.2, 0.25) is 0 Å². The van der Waals surface area contributed by atoms with E-state index in [0.717, 1.165) is 16.4 Å². The molecule has 2 aromatic heterocycles. The van der Waals surface area contributed by atoms with Crippen LogP contribution in [0.5, 0.6) is 0 Å². The number of benzene rings is 1. The molecule has 0 amide bonds. The minimum absolute atomic E-state index is 0.0706. The summed E-state index contributed by atoms with van der Waals surface area (Å²) in [6.45, 7) is 0. The maximum absolute atomic E-state index is 11.5. The van der Waals surface area contributed by atoms with Crippen molar-refractivity contribution in [1.82, 2.24) is 14.8 Å². The van der Waals surface area contributed by atoms with Gasteiger partial charge in [-0.15, -0.1) is 0 Å². The Balaban J connectivity index is 2.77. The molecule has 0 saturated carbocycles. The van der Waals surface area contributed by atoms with E-state index in [-0.39, 0.29) is 5.56 Å². The molecule has 70 valence electrons. The van der Waals surface area contributed by atoms with Crippen molar-refractivity contribution in [1.29, 1.82) is 0 Å². The highest BCUT2D eigenvalue weighted by Crippen LogP contribution is 2.23. The number of aromatic nitrogens is 3. The number of hydrogen-bond donors (Lipinski definition) is 2. The molecule has 2 N–H and O–H groups in total. The lowest BCUT2D eigenvalue weighted by molar-refractivity contribution is 0.999. The highest BCUT2D eigenvalue weighted by molar-refractivity contribution is 6.05. The molecule has 2 heterocycles. The third kappa shape index (κ3) is 0.706. The van der Waals surface area contributed by atoms with Gasteiger partial charge in [0, 0.05) is 12.4 Å². The molecule has 0 unspecified atom stereocenters. The number of nitrogens with one attached hydrogen (secondary N) is 2. The molecular weight excluding hydrogens is 178 g/mol. The molecule has 0 saturated heterocycles. The largest absolute Gasteiger partial charge is 0.338 e. The first kappa shape index (κ1) is 7.44. The SMILES string of the molecule is Cn1c2ccccc2c2[nH][nH]c(=O)c21. The summed E-state index contributed by atoms with van der Waals surface area (Å²) >= 11 is 0. The van der Waals surface area contributed by atoms with Crippen LogP contribution in [0.15, 0.2) is 29.1 Å². The van der Waals surface area contributed by atoms with Crippen LogP contribution in [0.1, 0.15) is 0 Å². The van der Waals surface area contributed by atoms with Crippen molar-refractivity contribution in [2.75, 3.05) is 0 Å². The van der Waals surface area contributed by atoms with Crippen LogP contribution in [0, 0.1) is 0 Å². The first-order chi connectivity index (χ1) is 6.79. The maximum Gasteiger partial charge on any atom is 0.288 e.